The molecule has 0 atom stereocenters. The third-order valence-electron chi connectivity index (χ3n) is 6.11. The van der Waals surface area contributed by atoms with E-state index in [-0.39, 0.29) is 0 Å². The second kappa shape index (κ2) is 9.95. The summed E-state index contributed by atoms with van der Waals surface area (Å²) in [6.45, 7) is 13.8. The molecular formula is C26H38. The van der Waals surface area contributed by atoms with E-state index in [1.54, 1.807) is 44.5 Å². The first-order valence-electron chi connectivity index (χ1n) is 10.9. The second-order valence-corrected chi connectivity index (χ2v) is 7.30. The van der Waals surface area contributed by atoms with Crippen LogP contribution >= 0.6 is 0 Å². The van der Waals surface area contributed by atoms with Gasteiger partial charge in [-0.1, -0.05) is 65.8 Å². The predicted molar refractivity (Wildman–Crippen MR) is 117 cm³/mol. The largest absolute Gasteiger partial charge is 0.0613 e. The summed E-state index contributed by atoms with van der Waals surface area (Å²) in [6.07, 6.45) is 9.26. The Bertz CT molecular complexity index is 658. The average molecular weight is 351 g/mol. The van der Waals surface area contributed by atoms with Crippen LogP contribution in [-0.4, -0.2) is 0 Å². The van der Waals surface area contributed by atoms with Gasteiger partial charge >= 0.3 is 0 Å². The molecule has 0 heteroatoms. The maximum atomic E-state index is 2.39. The van der Waals surface area contributed by atoms with Gasteiger partial charge in [0.05, 0.1) is 0 Å². The standard InChI is InChI=1S/C26H38/c1-7-19-13-15-21(9-3)25(23(19)11-5)17-18-26-22(10-4)16-14-20(8-2)24(26)12-6/h13-16H,7-12,17-18H2,1-6H3. The van der Waals surface area contributed by atoms with Crippen molar-refractivity contribution in [1.82, 2.24) is 0 Å². The van der Waals surface area contributed by atoms with E-state index in [9.17, 15) is 0 Å². The van der Waals surface area contributed by atoms with Gasteiger partial charge in [-0.3, -0.25) is 0 Å². The minimum absolute atomic E-state index is 1.14. The summed E-state index contributed by atoms with van der Waals surface area (Å²) in [5.74, 6) is 0. The lowest BCUT2D eigenvalue weighted by Crippen LogP contribution is -2.09. The van der Waals surface area contributed by atoms with E-state index in [0.29, 0.717) is 0 Å². The van der Waals surface area contributed by atoms with Crippen molar-refractivity contribution in [3.8, 4) is 0 Å². The SMILES string of the molecule is CCc1ccc(CC)c(CCc2c(CC)ccc(CC)c2CC)c1CC. The predicted octanol–water partition coefficient (Wildman–Crippen LogP) is 6.85. The van der Waals surface area contributed by atoms with Gasteiger partial charge in [0.1, 0.15) is 0 Å². The number of rotatable bonds is 9. The Hall–Kier alpha value is -1.56. The number of hydrogen-bond acceptors (Lipinski definition) is 0. The van der Waals surface area contributed by atoms with E-state index in [4.69, 9.17) is 0 Å². The monoisotopic (exact) mass is 350 g/mol. The molecule has 0 nitrogen and oxygen atoms in total. The van der Waals surface area contributed by atoms with Gasteiger partial charge in [-0.2, -0.15) is 0 Å². The minimum Gasteiger partial charge on any atom is -0.0613 e. The van der Waals surface area contributed by atoms with Crippen LogP contribution in [0.15, 0.2) is 24.3 Å². The summed E-state index contributed by atoms with van der Waals surface area (Å²) in [5, 5.41) is 0. The van der Waals surface area contributed by atoms with Crippen LogP contribution in [0.3, 0.4) is 0 Å². The van der Waals surface area contributed by atoms with E-state index in [0.717, 1.165) is 38.5 Å². The quantitative estimate of drug-likeness (QED) is 0.464. The van der Waals surface area contributed by atoms with Crippen molar-refractivity contribution in [3.63, 3.8) is 0 Å². The molecule has 0 heterocycles. The van der Waals surface area contributed by atoms with Crippen molar-refractivity contribution >= 4 is 0 Å². The molecule has 26 heavy (non-hydrogen) atoms. The fourth-order valence-electron chi connectivity index (χ4n) is 4.66. The molecule has 2 rings (SSSR count). The fraction of sp³-hybridized carbons (Fsp3) is 0.538. The topological polar surface area (TPSA) is 0 Å². The number of hydrogen-bond donors (Lipinski definition) is 0. The van der Waals surface area contributed by atoms with Crippen LogP contribution in [-0.2, 0) is 51.4 Å². The molecule has 0 aliphatic carbocycles. The molecule has 0 aromatic heterocycles. The minimum atomic E-state index is 1.14. The van der Waals surface area contributed by atoms with Crippen molar-refractivity contribution in [2.24, 2.45) is 0 Å². The Morgan fingerprint density at radius 3 is 0.885 bits per heavy atom. The summed E-state index contributed by atoms with van der Waals surface area (Å²) < 4.78 is 0. The first-order chi connectivity index (χ1) is 12.6. The lowest BCUT2D eigenvalue weighted by atomic mass is 9.85. The fourth-order valence-corrected chi connectivity index (χ4v) is 4.66. The summed E-state index contributed by atoms with van der Waals surface area (Å²) in [7, 11) is 0. The first kappa shape index (κ1) is 20.7. The normalized spacial score (nSPS) is 11.2. The Morgan fingerprint density at radius 2 is 0.654 bits per heavy atom. The summed E-state index contributed by atoms with van der Waals surface area (Å²) in [6, 6.07) is 9.51. The van der Waals surface area contributed by atoms with Crippen LogP contribution in [0.1, 0.15) is 86.1 Å². The van der Waals surface area contributed by atoms with Crippen LogP contribution in [0.4, 0.5) is 0 Å². The molecular weight excluding hydrogens is 312 g/mol. The van der Waals surface area contributed by atoms with Crippen LogP contribution in [0.25, 0.3) is 0 Å². The van der Waals surface area contributed by atoms with Gasteiger partial charge < -0.3 is 0 Å². The Labute approximate surface area is 162 Å². The maximum Gasteiger partial charge on any atom is -0.0232 e. The van der Waals surface area contributed by atoms with E-state index in [1.165, 1.54) is 12.8 Å². The Balaban J connectivity index is 2.46. The molecule has 0 saturated heterocycles. The molecule has 2 aromatic carbocycles. The molecule has 0 N–H and O–H groups in total. The highest BCUT2D eigenvalue weighted by Crippen LogP contribution is 2.27. The molecule has 0 radical (unpaired) electrons. The molecule has 0 saturated carbocycles. The van der Waals surface area contributed by atoms with Gasteiger partial charge in [-0.25, -0.2) is 0 Å². The molecule has 0 fully saturated rings. The van der Waals surface area contributed by atoms with Crippen LogP contribution in [0.2, 0.25) is 0 Å². The van der Waals surface area contributed by atoms with Gasteiger partial charge in [0.25, 0.3) is 0 Å². The zero-order valence-electron chi connectivity index (χ0n) is 18.0. The second-order valence-electron chi connectivity index (χ2n) is 7.30. The lowest BCUT2D eigenvalue weighted by molar-refractivity contribution is 0.853. The summed E-state index contributed by atoms with van der Waals surface area (Å²) in [5.41, 5.74) is 12.7. The van der Waals surface area contributed by atoms with Gasteiger partial charge in [0.2, 0.25) is 0 Å². The van der Waals surface area contributed by atoms with Crippen molar-refractivity contribution in [3.05, 3.63) is 68.8 Å². The molecule has 0 aliphatic heterocycles. The van der Waals surface area contributed by atoms with E-state index in [1.807, 2.05) is 0 Å². The molecule has 2 aromatic rings. The zero-order valence-corrected chi connectivity index (χ0v) is 18.0. The first-order valence-corrected chi connectivity index (χ1v) is 10.9. The molecule has 0 unspecified atom stereocenters. The van der Waals surface area contributed by atoms with Gasteiger partial charge in [0.15, 0.2) is 0 Å². The smallest absolute Gasteiger partial charge is 0.0232 e. The highest BCUT2D eigenvalue weighted by atomic mass is 14.2. The molecule has 0 bridgehead atoms. The summed E-state index contributed by atoms with van der Waals surface area (Å²) >= 11 is 0. The molecule has 142 valence electrons. The highest BCUT2D eigenvalue weighted by molar-refractivity contribution is 5.45. The third kappa shape index (κ3) is 4.22. The van der Waals surface area contributed by atoms with Crippen LogP contribution in [0, 0.1) is 0 Å². The van der Waals surface area contributed by atoms with Crippen molar-refractivity contribution in [2.75, 3.05) is 0 Å². The molecule has 0 aliphatic rings. The number of aryl methyl sites for hydroxylation is 4. The van der Waals surface area contributed by atoms with Crippen molar-refractivity contribution in [2.45, 2.75) is 92.9 Å². The molecule has 0 amide bonds. The molecule has 0 spiro atoms. The highest BCUT2D eigenvalue weighted by Gasteiger charge is 2.14. The van der Waals surface area contributed by atoms with Crippen LogP contribution in [0.5, 0.6) is 0 Å². The van der Waals surface area contributed by atoms with E-state index >= 15 is 0 Å². The van der Waals surface area contributed by atoms with Crippen LogP contribution < -0.4 is 0 Å². The van der Waals surface area contributed by atoms with E-state index in [2.05, 4.69) is 65.8 Å². The third-order valence-corrected chi connectivity index (χ3v) is 6.11. The lowest BCUT2D eigenvalue weighted by Gasteiger charge is -2.20. The zero-order chi connectivity index (χ0) is 19.1. The van der Waals surface area contributed by atoms with Gasteiger partial charge in [-0.15, -0.1) is 0 Å². The summed E-state index contributed by atoms with van der Waals surface area (Å²) in [4.78, 5) is 0. The van der Waals surface area contributed by atoms with Gasteiger partial charge in [-0.05, 0) is 95.9 Å². The maximum absolute atomic E-state index is 2.39. The Kier molecular flexibility index (Phi) is 7.94. The van der Waals surface area contributed by atoms with Crippen molar-refractivity contribution < 1.29 is 0 Å². The van der Waals surface area contributed by atoms with E-state index < -0.39 is 0 Å². The van der Waals surface area contributed by atoms with Crippen molar-refractivity contribution in [1.29, 1.82) is 0 Å². The van der Waals surface area contributed by atoms with Gasteiger partial charge in [0, 0.05) is 0 Å². The average Bonchev–Trinajstić information content (AvgIpc) is 2.70. The number of benzene rings is 2. The Morgan fingerprint density at radius 1 is 0.385 bits per heavy atom.